The molecule has 1 fully saturated rings. The van der Waals surface area contributed by atoms with Gasteiger partial charge in [-0.2, -0.15) is 12.7 Å². The van der Waals surface area contributed by atoms with Crippen molar-refractivity contribution in [2.24, 2.45) is 0 Å². The van der Waals surface area contributed by atoms with Crippen LogP contribution in [-0.4, -0.2) is 29.8 Å². The average molecular weight is 278 g/mol. The van der Waals surface area contributed by atoms with E-state index in [1.807, 2.05) is 31.2 Å². The van der Waals surface area contributed by atoms with Crippen LogP contribution in [0.5, 0.6) is 0 Å². The summed E-state index contributed by atoms with van der Waals surface area (Å²) >= 11 is 0. The maximum atomic E-state index is 12.7. The van der Waals surface area contributed by atoms with E-state index in [0.29, 0.717) is 13.1 Å². The van der Waals surface area contributed by atoms with Crippen molar-refractivity contribution >= 4 is 21.1 Å². The van der Waals surface area contributed by atoms with Crippen molar-refractivity contribution in [3.05, 3.63) is 36.0 Å². The highest BCUT2D eigenvalue weighted by Gasteiger charge is 2.26. The lowest BCUT2D eigenvalue weighted by atomic mass is 10.2. The molecule has 2 heterocycles. The molecule has 1 saturated heterocycles. The lowest BCUT2D eigenvalue weighted by Crippen LogP contribution is -2.38. The summed E-state index contributed by atoms with van der Waals surface area (Å²) in [5.41, 5.74) is 1.77. The Morgan fingerprint density at radius 2 is 1.74 bits per heavy atom. The molecule has 1 aliphatic rings. The monoisotopic (exact) mass is 278 g/mol. The summed E-state index contributed by atoms with van der Waals surface area (Å²) in [7, 11) is -3.42. The molecule has 1 aliphatic heterocycles. The van der Waals surface area contributed by atoms with Gasteiger partial charge in [-0.1, -0.05) is 24.6 Å². The van der Waals surface area contributed by atoms with Gasteiger partial charge in [0.15, 0.2) is 0 Å². The molecule has 0 aliphatic carbocycles. The van der Waals surface area contributed by atoms with Crippen LogP contribution in [0.1, 0.15) is 24.8 Å². The van der Waals surface area contributed by atoms with Gasteiger partial charge in [-0.25, -0.2) is 3.97 Å². The van der Waals surface area contributed by atoms with Crippen molar-refractivity contribution in [2.75, 3.05) is 13.1 Å². The summed E-state index contributed by atoms with van der Waals surface area (Å²) in [5.74, 6) is 0. The third-order valence-electron chi connectivity index (χ3n) is 3.77. The van der Waals surface area contributed by atoms with E-state index >= 15 is 0 Å². The molecule has 0 saturated carbocycles. The van der Waals surface area contributed by atoms with Crippen LogP contribution >= 0.6 is 0 Å². The fourth-order valence-electron chi connectivity index (χ4n) is 2.73. The average Bonchev–Trinajstić information content (AvgIpc) is 2.79. The van der Waals surface area contributed by atoms with Gasteiger partial charge in [-0.15, -0.1) is 0 Å². The summed E-state index contributed by atoms with van der Waals surface area (Å²) in [5, 5.41) is 1.00. The Balaban J connectivity index is 2.13. The predicted molar refractivity (Wildman–Crippen MR) is 76.4 cm³/mol. The first kappa shape index (κ1) is 12.7. The molecule has 5 heteroatoms. The van der Waals surface area contributed by atoms with Gasteiger partial charge in [-0.3, -0.25) is 0 Å². The van der Waals surface area contributed by atoms with Crippen LogP contribution < -0.4 is 0 Å². The number of benzene rings is 1. The molecule has 0 radical (unpaired) electrons. The number of para-hydroxylation sites is 1. The van der Waals surface area contributed by atoms with Gasteiger partial charge >= 0.3 is 10.2 Å². The normalized spacial score (nSPS) is 17.9. The fraction of sp³-hybridized carbons (Fsp3) is 0.429. The van der Waals surface area contributed by atoms with Gasteiger partial charge in [0.05, 0.1) is 5.52 Å². The van der Waals surface area contributed by atoms with E-state index in [-0.39, 0.29) is 0 Å². The fourth-order valence-corrected chi connectivity index (χ4v) is 4.39. The molecule has 0 spiro atoms. The van der Waals surface area contributed by atoms with Gasteiger partial charge in [-0.05, 0) is 31.4 Å². The predicted octanol–water partition coefficient (Wildman–Crippen LogP) is 2.53. The zero-order valence-electron chi connectivity index (χ0n) is 11.0. The van der Waals surface area contributed by atoms with Crippen molar-refractivity contribution in [3.8, 4) is 0 Å². The van der Waals surface area contributed by atoms with Crippen molar-refractivity contribution in [1.29, 1.82) is 0 Å². The molecule has 0 amide bonds. The van der Waals surface area contributed by atoms with E-state index in [0.717, 1.165) is 35.7 Å². The molecule has 3 rings (SSSR count). The van der Waals surface area contributed by atoms with Crippen LogP contribution in [0.25, 0.3) is 10.9 Å². The van der Waals surface area contributed by atoms with Crippen molar-refractivity contribution in [2.45, 2.75) is 26.2 Å². The Morgan fingerprint density at radius 1 is 1.05 bits per heavy atom. The largest absolute Gasteiger partial charge is 0.307 e. The second-order valence-electron chi connectivity index (χ2n) is 5.09. The summed E-state index contributed by atoms with van der Waals surface area (Å²) in [6.07, 6.45) is 4.76. The van der Waals surface area contributed by atoms with E-state index in [1.54, 1.807) is 10.5 Å². The lowest BCUT2D eigenvalue weighted by molar-refractivity contribution is 0.343. The summed E-state index contributed by atoms with van der Waals surface area (Å²) in [6, 6.07) is 7.65. The zero-order chi connectivity index (χ0) is 13.5. The third kappa shape index (κ3) is 2.07. The highest BCUT2D eigenvalue weighted by atomic mass is 32.2. The van der Waals surface area contributed by atoms with E-state index in [1.165, 1.54) is 3.97 Å². The molecule has 0 unspecified atom stereocenters. The molecular weight excluding hydrogens is 260 g/mol. The van der Waals surface area contributed by atoms with Gasteiger partial charge in [0.2, 0.25) is 0 Å². The minimum absolute atomic E-state index is 0.633. The molecule has 4 nitrogen and oxygen atoms in total. The molecule has 1 aromatic carbocycles. The topological polar surface area (TPSA) is 42.3 Å². The number of piperidine rings is 1. The van der Waals surface area contributed by atoms with Gasteiger partial charge < -0.3 is 0 Å². The minimum atomic E-state index is -3.42. The molecule has 0 atom stereocenters. The van der Waals surface area contributed by atoms with E-state index < -0.39 is 10.2 Å². The van der Waals surface area contributed by atoms with Gasteiger partial charge in [0.25, 0.3) is 0 Å². The second kappa shape index (κ2) is 4.65. The van der Waals surface area contributed by atoms with E-state index in [2.05, 4.69) is 0 Å². The highest BCUT2D eigenvalue weighted by Crippen LogP contribution is 2.24. The molecular formula is C14H18N2O2S. The van der Waals surface area contributed by atoms with E-state index in [4.69, 9.17) is 0 Å². The van der Waals surface area contributed by atoms with Crippen molar-refractivity contribution < 1.29 is 8.42 Å². The Kier molecular flexibility index (Phi) is 3.11. The number of nitrogens with zero attached hydrogens (tertiary/aromatic N) is 2. The highest BCUT2D eigenvalue weighted by molar-refractivity contribution is 7.87. The number of rotatable bonds is 2. The Morgan fingerprint density at radius 3 is 2.47 bits per heavy atom. The zero-order valence-corrected chi connectivity index (χ0v) is 11.9. The number of hydrogen-bond donors (Lipinski definition) is 0. The smallest absolute Gasteiger partial charge is 0.232 e. The quantitative estimate of drug-likeness (QED) is 0.847. The molecule has 2 aromatic rings. The summed E-state index contributed by atoms with van der Waals surface area (Å²) in [4.78, 5) is 0. The summed E-state index contributed by atoms with van der Waals surface area (Å²) in [6.45, 7) is 3.21. The van der Waals surface area contributed by atoms with Crippen molar-refractivity contribution in [1.82, 2.24) is 8.28 Å². The Bertz CT molecular complexity index is 697. The lowest BCUT2D eigenvalue weighted by Gasteiger charge is -2.26. The Labute approximate surface area is 113 Å². The second-order valence-corrected chi connectivity index (χ2v) is 6.90. The van der Waals surface area contributed by atoms with Crippen molar-refractivity contribution in [3.63, 3.8) is 0 Å². The van der Waals surface area contributed by atoms with E-state index in [9.17, 15) is 8.42 Å². The van der Waals surface area contributed by atoms with Gasteiger partial charge in [0.1, 0.15) is 0 Å². The summed E-state index contributed by atoms with van der Waals surface area (Å²) < 4.78 is 28.4. The van der Waals surface area contributed by atoms with Crippen LogP contribution in [0, 0.1) is 6.92 Å². The maximum absolute atomic E-state index is 12.7. The SMILES string of the molecule is Cc1cn(S(=O)(=O)N2CCCCC2)c2ccccc12. The Hall–Kier alpha value is -1.33. The third-order valence-corrected chi connectivity index (χ3v) is 5.58. The number of aryl methyl sites for hydroxylation is 1. The molecule has 19 heavy (non-hydrogen) atoms. The van der Waals surface area contributed by atoms with Crippen LogP contribution in [0.4, 0.5) is 0 Å². The minimum Gasteiger partial charge on any atom is -0.232 e. The number of hydrogen-bond acceptors (Lipinski definition) is 2. The molecule has 102 valence electrons. The van der Waals surface area contributed by atoms with Crippen LogP contribution in [-0.2, 0) is 10.2 Å². The maximum Gasteiger partial charge on any atom is 0.307 e. The molecule has 0 N–H and O–H groups in total. The number of fused-ring (bicyclic) bond motifs is 1. The van der Waals surface area contributed by atoms with Crippen LogP contribution in [0.15, 0.2) is 30.5 Å². The first-order valence-corrected chi connectivity index (χ1v) is 8.08. The van der Waals surface area contributed by atoms with Crippen LogP contribution in [0.2, 0.25) is 0 Å². The molecule has 0 bridgehead atoms. The van der Waals surface area contributed by atoms with Gasteiger partial charge in [0, 0.05) is 24.7 Å². The first-order chi connectivity index (χ1) is 9.10. The first-order valence-electron chi connectivity index (χ1n) is 6.68. The van der Waals surface area contributed by atoms with Crippen LogP contribution in [0.3, 0.4) is 0 Å². The molecule has 1 aromatic heterocycles. The standard InChI is InChI=1S/C14H18N2O2S/c1-12-11-16(14-8-4-3-7-13(12)14)19(17,18)15-9-5-2-6-10-15/h3-4,7-8,11H,2,5-6,9-10H2,1H3. The number of aromatic nitrogens is 1.